The van der Waals surface area contributed by atoms with Crippen molar-refractivity contribution in [1.29, 1.82) is 0 Å². The van der Waals surface area contributed by atoms with E-state index in [-0.39, 0.29) is 11.1 Å². The highest BCUT2D eigenvalue weighted by Crippen LogP contribution is 2.35. The molecule has 0 unspecified atom stereocenters. The number of carbonyl (C=O) groups excluding carboxylic acids is 1. The Bertz CT molecular complexity index is 859. The lowest BCUT2D eigenvalue weighted by atomic mass is 9.97. The highest BCUT2D eigenvalue weighted by Gasteiger charge is 2.28. The van der Waals surface area contributed by atoms with E-state index < -0.39 is 43.6 Å². The minimum Gasteiger partial charge on any atom is -0.478 e. The lowest BCUT2D eigenvalue weighted by molar-refractivity contribution is -0.393. The third-order valence-corrected chi connectivity index (χ3v) is 3.48. The average Bonchev–Trinajstić information content (AvgIpc) is 2.53. The van der Waals surface area contributed by atoms with E-state index in [9.17, 15) is 29.8 Å². The Labute approximate surface area is 138 Å². The fourth-order valence-electron chi connectivity index (χ4n) is 2.01. The van der Waals surface area contributed by atoms with Gasteiger partial charge < -0.3 is 5.11 Å². The highest BCUT2D eigenvalue weighted by molar-refractivity contribution is 6.35. The van der Waals surface area contributed by atoms with Gasteiger partial charge >= 0.3 is 5.97 Å². The number of hydrogen-bond acceptors (Lipinski definition) is 6. The van der Waals surface area contributed by atoms with Crippen molar-refractivity contribution in [3.63, 3.8) is 0 Å². The number of benzene rings is 2. The molecular weight excluding hydrogens is 344 g/mol. The molecule has 0 saturated heterocycles. The highest BCUT2D eigenvalue weighted by atomic mass is 35.5. The first-order chi connectivity index (χ1) is 11.2. The molecule has 0 heterocycles. The number of hydrogen-bond donors (Lipinski definition) is 1. The molecule has 0 aromatic heterocycles. The van der Waals surface area contributed by atoms with Crippen LogP contribution in [0.2, 0.25) is 5.02 Å². The van der Waals surface area contributed by atoms with Crippen LogP contribution in [-0.4, -0.2) is 26.7 Å². The molecule has 2 rings (SSSR count). The number of nitrogens with zero attached hydrogens (tertiary/aromatic N) is 2. The summed E-state index contributed by atoms with van der Waals surface area (Å²) in [5, 5.41) is 30.3. The van der Waals surface area contributed by atoms with E-state index in [1.54, 1.807) is 0 Å². The number of halogens is 1. The van der Waals surface area contributed by atoms with Gasteiger partial charge in [0.1, 0.15) is 0 Å². The molecule has 0 aliphatic carbocycles. The minimum absolute atomic E-state index is 0.254. The van der Waals surface area contributed by atoms with Crippen molar-refractivity contribution in [3.8, 4) is 0 Å². The zero-order valence-corrected chi connectivity index (χ0v) is 12.4. The van der Waals surface area contributed by atoms with Crippen molar-refractivity contribution in [1.82, 2.24) is 0 Å². The van der Waals surface area contributed by atoms with Gasteiger partial charge in [-0.25, -0.2) is 4.79 Å². The smallest absolute Gasteiger partial charge is 0.336 e. The van der Waals surface area contributed by atoms with Crippen molar-refractivity contribution in [2.45, 2.75) is 0 Å². The summed E-state index contributed by atoms with van der Waals surface area (Å²) in [5.74, 6) is -2.28. The van der Waals surface area contributed by atoms with Crippen molar-refractivity contribution in [2.75, 3.05) is 0 Å². The summed E-state index contributed by atoms with van der Waals surface area (Å²) in [6.45, 7) is 0. The number of carbonyl (C=O) groups is 2. The fraction of sp³-hybridized carbons (Fsp3) is 0. The number of nitro benzene ring substituents is 2. The van der Waals surface area contributed by atoms with E-state index in [0.717, 1.165) is 12.1 Å². The first kappa shape index (κ1) is 17.0. The van der Waals surface area contributed by atoms with Crippen LogP contribution in [0.25, 0.3) is 0 Å². The number of aromatic carboxylic acids is 1. The predicted octanol–water partition coefficient (Wildman–Crippen LogP) is 3.09. The second-order valence-corrected chi connectivity index (χ2v) is 4.90. The van der Waals surface area contributed by atoms with Crippen LogP contribution in [0, 0.1) is 20.2 Å². The Hall–Kier alpha value is -3.33. The molecule has 2 aromatic rings. The molecule has 9 nitrogen and oxygen atoms in total. The van der Waals surface area contributed by atoms with E-state index in [2.05, 4.69) is 0 Å². The molecule has 0 radical (unpaired) electrons. The van der Waals surface area contributed by atoms with Gasteiger partial charge in [0.2, 0.25) is 0 Å². The van der Waals surface area contributed by atoms with Crippen molar-refractivity contribution < 1.29 is 24.5 Å². The van der Waals surface area contributed by atoms with Crippen LogP contribution in [0.4, 0.5) is 11.4 Å². The molecule has 122 valence electrons. The van der Waals surface area contributed by atoms with Crippen LogP contribution in [0.15, 0.2) is 36.4 Å². The summed E-state index contributed by atoms with van der Waals surface area (Å²) in [4.78, 5) is 43.7. The molecule has 2 aromatic carbocycles. The molecule has 10 heteroatoms. The molecule has 0 saturated carbocycles. The number of ketones is 1. The number of carboxylic acid groups (broad SMARTS) is 1. The fourth-order valence-corrected chi connectivity index (χ4v) is 2.26. The molecule has 0 aliphatic heterocycles. The summed E-state index contributed by atoms with van der Waals surface area (Å²) in [6.07, 6.45) is 0. The maximum absolute atomic E-state index is 12.5. The monoisotopic (exact) mass is 350 g/mol. The maximum atomic E-state index is 12.5. The van der Waals surface area contributed by atoms with Crippen LogP contribution < -0.4 is 0 Å². The number of nitro groups is 2. The van der Waals surface area contributed by atoms with Crippen LogP contribution in [0.3, 0.4) is 0 Å². The van der Waals surface area contributed by atoms with Gasteiger partial charge in [0.25, 0.3) is 11.4 Å². The molecule has 0 spiro atoms. The van der Waals surface area contributed by atoms with Crippen LogP contribution in [-0.2, 0) is 0 Å². The SMILES string of the molecule is O=C(O)c1ccccc1C(=O)c1cc([N+](=O)[O-])c(Cl)c([N+](=O)[O-])c1. The van der Waals surface area contributed by atoms with E-state index >= 15 is 0 Å². The predicted molar refractivity (Wildman–Crippen MR) is 81.6 cm³/mol. The zero-order chi connectivity index (χ0) is 18.0. The largest absolute Gasteiger partial charge is 0.478 e. The van der Waals surface area contributed by atoms with Crippen LogP contribution in [0.5, 0.6) is 0 Å². The Kier molecular flexibility index (Phi) is 4.56. The van der Waals surface area contributed by atoms with Gasteiger partial charge in [-0.05, 0) is 6.07 Å². The molecule has 0 amide bonds. The minimum atomic E-state index is -1.38. The first-order valence-electron chi connectivity index (χ1n) is 6.23. The van der Waals surface area contributed by atoms with Gasteiger partial charge in [0.05, 0.1) is 15.4 Å². The molecule has 0 aliphatic rings. The summed E-state index contributed by atoms with van der Waals surface area (Å²) in [5.41, 5.74) is -2.63. The van der Waals surface area contributed by atoms with Crippen LogP contribution in [0.1, 0.15) is 26.3 Å². The first-order valence-corrected chi connectivity index (χ1v) is 6.61. The molecule has 0 fully saturated rings. The molecular formula is C14H7ClN2O7. The maximum Gasteiger partial charge on any atom is 0.336 e. The normalized spacial score (nSPS) is 10.2. The van der Waals surface area contributed by atoms with E-state index in [4.69, 9.17) is 16.7 Å². The van der Waals surface area contributed by atoms with Gasteiger partial charge in [-0.2, -0.15) is 0 Å². The average molecular weight is 351 g/mol. The standard InChI is InChI=1S/C14H7ClN2O7/c15-12-10(16(21)22)5-7(6-11(12)17(23)24)13(18)8-3-1-2-4-9(8)14(19)20/h1-6H,(H,19,20). The third kappa shape index (κ3) is 3.06. The third-order valence-electron chi connectivity index (χ3n) is 3.09. The summed E-state index contributed by atoms with van der Waals surface area (Å²) < 4.78 is 0. The topological polar surface area (TPSA) is 141 Å². The Morgan fingerprint density at radius 2 is 1.42 bits per heavy atom. The van der Waals surface area contributed by atoms with Gasteiger partial charge in [0, 0.05) is 23.3 Å². The Morgan fingerprint density at radius 3 is 1.83 bits per heavy atom. The second-order valence-electron chi connectivity index (χ2n) is 4.52. The summed E-state index contributed by atoms with van der Waals surface area (Å²) >= 11 is 5.61. The summed E-state index contributed by atoms with van der Waals surface area (Å²) in [7, 11) is 0. The van der Waals surface area contributed by atoms with Crippen molar-refractivity contribution in [3.05, 3.63) is 78.3 Å². The van der Waals surface area contributed by atoms with Crippen molar-refractivity contribution >= 4 is 34.7 Å². The van der Waals surface area contributed by atoms with E-state index in [1.165, 1.54) is 24.3 Å². The van der Waals surface area contributed by atoms with Crippen LogP contribution >= 0.6 is 11.6 Å². The van der Waals surface area contributed by atoms with Gasteiger partial charge in [-0.3, -0.25) is 25.0 Å². The second kappa shape index (κ2) is 6.42. The molecule has 0 atom stereocenters. The van der Waals surface area contributed by atoms with E-state index in [0.29, 0.717) is 0 Å². The summed E-state index contributed by atoms with van der Waals surface area (Å²) in [6, 6.07) is 6.73. The number of rotatable bonds is 5. The molecule has 1 N–H and O–H groups in total. The Morgan fingerprint density at radius 1 is 0.958 bits per heavy atom. The lowest BCUT2D eigenvalue weighted by Crippen LogP contribution is -2.10. The van der Waals surface area contributed by atoms with Crippen molar-refractivity contribution in [2.24, 2.45) is 0 Å². The van der Waals surface area contributed by atoms with Gasteiger partial charge in [0.15, 0.2) is 10.8 Å². The van der Waals surface area contributed by atoms with E-state index in [1.807, 2.05) is 0 Å². The number of carboxylic acids is 1. The quantitative estimate of drug-likeness (QED) is 0.496. The van der Waals surface area contributed by atoms with Gasteiger partial charge in [-0.15, -0.1) is 0 Å². The van der Waals surface area contributed by atoms with Gasteiger partial charge in [-0.1, -0.05) is 29.8 Å². The molecule has 0 bridgehead atoms. The zero-order valence-electron chi connectivity index (χ0n) is 11.6. The molecule has 24 heavy (non-hydrogen) atoms. The lowest BCUT2D eigenvalue weighted by Gasteiger charge is -2.06. The Balaban J connectivity index is 2.69.